The molecule has 0 bridgehead atoms. The monoisotopic (exact) mass is 390 g/mol. The summed E-state index contributed by atoms with van der Waals surface area (Å²) in [4.78, 5) is 19.0. The van der Waals surface area contributed by atoms with E-state index in [-0.39, 0.29) is 42.9 Å². The van der Waals surface area contributed by atoms with Crippen molar-refractivity contribution in [2.45, 2.75) is 56.7 Å². The van der Waals surface area contributed by atoms with Crippen LogP contribution in [0.25, 0.3) is 0 Å². The quantitative estimate of drug-likeness (QED) is 0.818. The number of hydrogen-bond acceptors (Lipinski definition) is 4. The highest BCUT2D eigenvalue weighted by Crippen LogP contribution is 2.33. The zero-order valence-corrected chi connectivity index (χ0v) is 16.0. The first-order valence-corrected chi connectivity index (χ1v) is 8.92. The lowest BCUT2D eigenvalue weighted by Gasteiger charge is -2.33. The molecular formula is C17H28Cl2N4O2. The molecule has 2 saturated heterocycles. The first-order chi connectivity index (χ1) is 11.2. The average Bonchev–Trinajstić information content (AvgIpc) is 3.07. The number of nitrogens with one attached hydrogen (secondary N) is 1. The minimum atomic E-state index is -0.378. The number of carbonyl (C=O) groups excluding carboxylic acids is 1. The Kier molecular flexibility index (Phi) is 7.14. The summed E-state index contributed by atoms with van der Waals surface area (Å²) in [7, 11) is 0. The van der Waals surface area contributed by atoms with Gasteiger partial charge in [0, 0.05) is 44.5 Å². The number of carbonyl (C=O) groups is 1. The van der Waals surface area contributed by atoms with Gasteiger partial charge in [-0.05, 0) is 38.0 Å². The third kappa shape index (κ3) is 4.67. The number of aliphatic hydroxyl groups is 1. The van der Waals surface area contributed by atoms with Crippen molar-refractivity contribution in [3.8, 4) is 0 Å². The number of aliphatic hydroxyl groups excluding tert-OH is 1. The van der Waals surface area contributed by atoms with Gasteiger partial charge >= 0.3 is 0 Å². The first-order valence-electron chi connectivity index (χ1n) is 8.92. The molecule has 2 N–H and O–H groups in total. The molecule has 2 aliphatic heterocycles. The van der Waals surface area contributed by atoms with Crippen molar-refractivity contribution >= 4 is 30.7 Å². The van der Waals surface area contributed by atoms with Crippen molar-refractivity contribution in [3.63, 3.8) is 0 Å². The van der Waals surface area contributed by atoms with Crippen LogP contribution in [0.3, 0.4) is 0 Å². The Hall–Kier alpha value is -0.820. The van der Waals surface area contributed by atoms with Gasteiger partial charge in [-0.1, -0.05) is 0 Å². The van der Waals surface area contributed by atoms with Crippen LogP contribution in [0.4, 0.5) is 0 Å². The maximum atomic E-state index is 12.5. The third-order valence-corrected chi connectivity index (χ3v) is 5.48. The number of rotatable bonds is 4. The summed E-state index contributed by atoms with van der Waals surface area (Å²) in [6.45, 7) is 3.24. The number of imidazole rings is 1. The van der Waals surface area contributed by atoms with E-state index in [1.54, 1.807) is 0 Å². The van der Waals surface area contributed by atoms with Crippen LogP contribution >= 0.6 is 24.8 Å². The number of amides is 1. The zero-order chi connectivity index (χ0) is 15.8. The lowest BCUT2D eigenvalue weighted by molar-refractivity contribution is -0.134. The number of aromatic nitrogens is 2. The highest BCUT2D eigenvalue weighted by molar-refractivity contribution is 5.85. The molecule has 3 fully saturated rings. The molecule has 1 saturated carbocycles. The Morgan fingerprint density at radius 3 is 2.56 bits per heavy atom. The molecular weight excluding hydrogens is 363 g/mol. The standard InChI is InChI=1S/C17H26N4O2.2ClH/c22-14-9-15(19-10-14)17(23)20-6-3-13(4-7-20)16-18-5-8-21(16)11-12-1-2-12;;/h5,8,12-15,19,22H,1-4,6-7,9-11H2;2*1H/t14-,15+;;/m1../s1. The highest BCUT2D eigenvalue weighted by Gasteiger charge is 2.34. The second-order valence-electron chi connectivity index (χ2n) is 7.33. The fourth-order valence-corrected chi connectivity index (χ4v) is 3.90. The molecule has 1 aliphatic carbocycles. The summed E-state index contributed by atoms with van der Waals surface area (Å²) >= 11 is 0. The van der Waals surface area contributed by atoms with Crippen LogP contribution < -0.4 is 5.32 Å². The van der Waals surface area contributed by atoms with Crippen LogP contribution in [-0.4, -0.2) is 57.2 Å². The van der Waals surface area contributed by atoms with Crippen LogP contribution in [-0.2, 0) is 11.3 Å². The van der Waals surface area contributed by atoms with E-state index in [9.17, 15) is 9.90 Å². The van der Waals surface area contributed by atoms with Crippen LogP contribution in [0.2, 0.25) is 0 Å². The maximum absolute atomic E-state index is 12.5. The van der Waals surface area contributed by atoms with Gasteiger partial charge in [-0.15, -0.1) is 24.8 Å². The summed E-state index contributed by atoms with van der Waals surface area (Å²) in [5, 5.41) is 12.7. The summed E-state index contributed by atoms with van der Waals surface area (Å²) in [5.74, 6) is 2.68. The molecule has 3 heterocycles. The molecule has 1 aromatic heterocycles. The number of β-amino-alcohol motifs (C(OH)–C–C–N with tert-alkyl or cyclic N) is 1. The Balaban J connectivity index is 0.00000113. The van der Waals surface area contributed by atoms with E-state index in [4.69, 9.17) is 0 Å². The van der Waals surface area contributed by atoms with E-state index in [1.165, 1.54) is 18.7 Å². The number of halogens is 2. The highest BCUT2D eigenvalue weighted by atomic mass is 35.5. The minimum absolute atomic E-state index is 0. The van der Waals surface area contributed by atoms with Gasteiger partial charge in [-0.25, -0.2) is 4.98 Å². The van der Waals surface area contributed by atoms with Crippen molar-refractivity contribution < 1.29 is 9.90 Å². The summed E-state index contributed by atoms with van der Waals surface area (Å²) in [5.41, 5.74) is 0. The van der Waals surface area contributed by atoms with Gasteiger partial charge in [0.1, 0.15) is 5.82 Å². The van der Waals surface area contributed by atoms with Gasteiger partial charge in [0.25, 0.3) is 0 Å². The Bertz CT molecular complexity index is 571. The second-order valence-corrected chi connectivity index (χ2v) is 7.33. The number of piperidine rings is 1. The molecule has 1 amide bonds. The van der Waals surface area contributed by atoms with Crippen molar-refractivity contribution in [1.29, 1.82) is 0 Å². The molecule has 25 heavy (non-hydrogen) atoms. The van der Waals surface area contributed by atoms with E-state index in [2.05, 4.69) is 21.1 Å². The van der Waals surface area contributed by atoms with Crippen LogP contribution in [0.5, 0.6) is 0 Å². The number of nitrogens with zero attached hydrogens (tertiary/aromatic N) is 3. The van der Waals surface area contributed by atoms with E-state index >= 15 is 0 Å². The first kappa shape index (κ1) is 20.5. The van der Waals surface area contributed by atoms with E-state index < -0.39 is 0 Å². The largest absolute Gasteiger partial charge is 0.392 e. The molecule has 0 unspecified atom stereocenters. The van der Waals surface area contributed by atoms with Crippen LogP contribution in [0.1, 0.15) is 43.8 Å². The van der Waals surface area contributed by atoms with Crippen molar-refractivity contribution in [1.82, 2.24) is 19.8 Å². The van der Waals surface area contributed by atoms with Crippen LogP contribution in [0, 0.1) is 5.92 Å². The predicted octanol–water partition coefficient (Wildman–Crippen LogP) is 1.57. The fraction of sp³-hybridized carbons (Fsp3) is 0.765. The minimum Gasteiger partial charge on any atom is -0.392 e. The molecule has 0 aromatic carbocycles. The molecule has 6 nitrogen and oxygen atoms in total. The second kappa shape index (κ2) is 8.71. The Morgan fingerprint density at radius 2 is 1.96 bits per heavy atom. The van der Waals surface area contributed by atoms with E-state index in [0.717, 1.165) is 38.4 Å². The van der Waals surface area contributed by atoms with Gasteiger partial charge in [0.15, 0.2) is 0 Å². The molecule has 4 rings (SSSR count). The van der Waals surface area contributed by atoms with Gasteiger partial charge < -0.3 is 19.9 Å². The normalized spacial score (nSPS) is 26.8. The lowest BCUT2D eigenvalue weighted by atomic mass is 9.95. The van der Waals surface area contributed by atoms with Gasteiger partial charge in [0.05, 0.1) is 12.1 Å². The lowest BCUT2D eigenvalue weighted by Crippen LogP contribution is -2.46. The topological polar surface area (TPSA) is 70.4 Å². The number of hydrogen-bond donors (Lipinski definition) is 2. The molecule has 1 aromatic rings. The smallest absolute Gasteiger partial charge is 0.239 e. The SMILES string of the molecule is Cl.Cl.O=C([C@@H]1C[C@@H](O)CN1)N1CCC(c2nccn2CC2CC2)CC1. The predicted molar refractivity (Wildman–Crippen MR) is 100 cm³/mol. The average molecular weight is 391 g/mol. The Morgan fingerprint density at radius 1 is 1.24 bits per heavy atom. The maximum Gasteiger partial charge on any atom is 0.239 e. The molecule has 2 atom stereocenters. The van der Waals surface area contributed by atoms with Gasteiger partial charge in [-0.3, -0.25) is 4.79 Å². The fourth-order valence-electron chi connectivity index (χ4n) is 3.90. The molecule has 142 valence electrons. The van der Waals surface area contributed by atoms with Crippen molar-refractivity contribution in [3.05, 3.63) is 18.2 Å². The van der Waals surface area contributed by atoms with Crippen molar-refractivity contribution in [2.24, 2.45) is 5.92 Å². The summed E-state index contributed by atoms with van der Waals surface area (Å²) < 4.78 is 2.33. The molecule has 8 heteroatoms. The third-order valence-electron chi connectivity index (χ3n) is 5.48. The summed E-state index contributed by atoms with van der Waals surface area (Å²) in [6, 6.07) is -0.196. The van der Waals surface area contributed by atoms with Crippen LogP contribution in [0.15, 0.2) is 12.4 Å². The molecule has 0 spiro atoms. The summed E-state index contributed by atoms with van der Waals surface area (Å²) in [6.07, 6.45) is 8.87. The zero-order valence-electron chi connectivity index (χ0n) is 14.3. The van der Waals surface area contributed by atoms with Crippen molar-refractivity contribution in [2.75, 3.05) is 19.6 Å². The Labute approximate surface area is 161 Å². The van der Waals surface area contributed by atoms with Gasteiger partial charge in [0.2, 0.25) is 5.91 Å². The van der Waals surface area contributed by atoms with E-state index in [1.807, 2.05) is 11.1 Å². The molecule has 0 radical (unpaired) electrons. The number of likely N-dealkylation sites (tertiary alicyclic amines) is 1. The van der Waals surface area contributed by atoms with E-state index in [0.29, 0.717) is 18.9 Å². The molecule has 3 aliphatic rings. The van der Waals surface area contributed by atoms with Gasteiger partial charge in [-0.2, -0.15) is 0 Å².